The van der Waals surface area contributed by atoms with Gasteiger partial charge in [0.25, 0.3) is 11.7 Å². The van der Waals surface area contributed by atoms with Gasteiger partial charge in [0.05, 0.1) is 11.6 Å². The van der Waals surface area contributed by atoms with Gasteiger partial charge >= 0.3 is 0 Å². The van der Waals surface area contributed by atoms with E-state index in [2.05, 4.69) is 0 Å². The average molecular weight is 454 g/mol. The summed E-state index contributed by atoms with van der Waals surface area (Å²) < 4.78 is 5.77. The fourth-order valence-corrected chi connectivity index (χ4v) is 4.83. The number of benzene rings is 3. The van der Waals surface area contributed by atoms with Crippen molar-refractivity contribution in [2.24, 2.45) is 0 Å². The largest absolute Gasteiger partial charge is 0.507 e. The fraction of sp³-hybridized carbons (Fsp3) is 0.241. The summed E-state index contributed by atoms with van der Waals surface area (Å²) in [7, 11) is 0. The number of rotatable bonds is 5. The van der Waals surface area contributed by atoms with Crippen LogP contribution in [0, 0.1) is 6.92 Å². The molecular formula is C29H27NO4. The minimum atomic E-state index is -0.652. The zero-order valence-corrected chi connectivity index (χ0v) is 19.3. The number of likely N-dealkylation sites (tertiary alicyclic amines) is 1. The van der Waals surface area contributed by atoms with E-state index in [0.29, 0.717) is 18.5 Å². The molecule has 3 aromatic carbocycles. The second kappa shape index (κ2) is 8.82. The van der Waals surface area contributed by atoms with Gasteiger partial charge in [-0.25, -0.2) is 0 Å². The minimum Gasteiger partial charge on any atom is -0.507 e. The van der Waals surface area contributed by atoms with Crippen LogP contribution in [0.1, 0.15) is 40.8 Å². The molecule has 3 aromatic rings. The molecule has 34 heavy (non-hydrogen) atoms. The molecule has 0 aromatic heterocycles. The Kier molecular flexibility index (Phi) is 5.70. The van der Waals surface area contributed by atoms with Gasteiger partial charge in [0.15, 0.2) is 0 Å². The number of carbonyl (C=O) groups is 2. The van der Waals surface area contributed by atoms with Crippen LogP contribution in [0.3, 0.4) is 0 Å². The van der Waals surface area contributed by atoms with Crippen molar-refractivity contribution in [3.05, 3.63) is 106 Å². The minimum absolute atomic E-state index is 0.0727. The second-order valence-electron chi connectivity index (χ2n) is 9.09. The number of carbonyl (C=O) groups excluding carboxylic acids is 2. The van der Waals surface area contributed by atoms with Crippen LogP contribution in [0.2, 0.25) is 0 Å². The molecule has 2 unspecified atom stereocenters. The van der Waals surface area contributed by atoms with Crippen LogP contribution in [0.4, 0.5) is 0 Å². The van der Waals surface area contributed by atoms with E-state index in [4.69, 9.17) is 4.74 Å². The first-order valence-corrected chi connectivity index (χ1v) is 11.6. The molecule has 0 radical (unpaired) electrons. The van der Waals surface area contributed by atoms with Crippen LogP contribution >= 0.6 is 0 Å². The number of fused-ring (bicyclic) bond motifs is 1. The Balaban J connectivity index is 1.57. The van der Waals surface area contributed by atoms with Crippen molar-refractivity contribution in [3.8, 4) is 5.75 Å². The zero-order chi connectivity index (χ0) is 23.8. The van der Waals surface area contributed by atoms with E-state index in [9.17, 15) is 14.7 Å². The molecule has 172 valence electrons. The number of aryl methyl sites for hydroxylation is 1. The molecule has 0 saturated carbocycles. The monoisotopic (exact) mass is 453 g/mol. The van der Waals surface area contributed by atoms with Crippen LogP contribution in [0.5, 0.6) is 5.75 Å². The molecule has 0 bridgehead atoms. The Morgan fingerprint density at radius 1 is 1.03 bits per heavy atom. The lowest BCUT2D eigenvalue weighted by atomic mass is 9.94. The van der Waals surface area contributed by atoms with Crippen molar-refractivity contribution in [1.82, 2.24) is 4.90 Å². The third-order valence-corrected chi connectivity index (χ3v) is 6.59. The van der Waals surface area contributed by atoms with Gasteiger partial charge in [0.1, 0.15) is 17.6 Å². The quantitative estimate of drug-likeness (QED) is 0.336. The first-order valence-electron chi connectivity index (χ1n) is 11.6. The number of amides is 1. The van der Waals surface area contributed by atoms with Crippen molar-refractivity contribution in [1.29, 1.82) is 0 Å². The summed E-state index contributed by atoms with van der Waals surface area (Å²) in [6, 6.07) is 22.4. The number of Topliss-reactive ketones (excluding diaryl/α,β-unsaturated/α-hetero) is 1. The van der Waals surface area contributed by atoms with Crippen LogP contribution in [-0.2, 0) is 22.4 Å². The SMILES string of the molecule is Cc1ccc(C2C(=C(O)c3ccc4c(c3)CC(C)O4)C(=O)C(=O)N2CCc2ccccc2)cc1. The highest BCUT2D eigenvalue weighted by atomic mass is 16.5. The predicted molar refractivity (Wildman–Crippen MR) is 131 cm³/mol. The first-order chi connectivity index (χ1) is 16.4. The van der Waals surface area contributed by atoms with Gasteiger partial charge in [0.2, 0.25) is 0 Å². The summed E-state index contributed by atoms with van der Waals surface area (Å²) in [5, 5.41) is 11.3. The van der Waals surface area contributed by atoms with Crippen molar-refractivity contribution in [2.45, 2.75) is 38.8 Å². The molecule has 0 spiro atoms. The van der Waals surface area contributed by atoms with Crippen molar-refractivity contribution in [3.63, 3.8) is 0 Å². The maximum absolute atomic E-state index is 13.2. The van der Waals surface area contributed by atoms with E-state index >= 15 is 0 Å². The molecule has 1 amide bonds. The van der Waals surface area contributed by atoms with Gasteiger partial charge < -0.3 is 14.7 Å². The topological polar surface area (TPSA) is 66.8 Å². The third kappa shape index (κ3) is 3.98. The van der Waals surface area contributed by atoms with Crippen LogP contribution in [0.25, 0.3) is 5.76 Å². The molecule has 1 fully saturated rings. The summed E-state index contributed by atoms with van der Waals surface area (Å²) in [4.78, 5) is 28.0. The number of aliphatic hydroxyl groups excluding tert-OH is 1. The van der Waals surface area contributed by atoms with E-state index in [-0.39, 0.29) is 17.4 Å². The molecule has 5 nitrogen and oxygen atoms in total. The Hall–Kier alpha value is -3.86. The smallest absolute Gasteiger partial charge is 0.295 e. The van der Waals surface area contributed by atoms with Crippen molar-refractivity contribution < 1.29 is 19.4 Å². The second-order valence-corrected chi connectivity index (χ2v) is 9.09. The number of nitrogens with zero attached hydrogens (tertiary/aromatic N) is 1. The number of ether oxygens (including phenoxy) is 1. The lowest BCUT2D eigenvalue weighted by Gasteiger charge is -2.25. The number of hydrogen-bond donors (Lipinski definition) is 1. The van der Waals surface area contributed by atoms with Crippen molar-refractivity contribution >= 4 is 17.4 Å². The lowest BCUT2D eigenvalue weighted by Crippen LogP contribution is -2.31. The van der Waals surface area contributed by atoms with Crippen LogP contribution in [0.15, 0.2) is 78.4 Å². The van der Waals surface area contributed by atoms with Gasteiger partial charge in [-0.2, -0.15) is 0 Å². The third-order valence-electron chi connectivity index (χ3n) is 6.59. The van der Waals surface area contributed by atoms with Gasteiger partial charge in [0, 0.05) is 18.5 Å². The standard InChI is InChI=1S/C29H27NO4/c1-18-8-10-21(11-9-18)26-25(27(31)22-12-13-24-23(17-22)16-19(2)34-24)28(32)29(33)30(26)15-14-20-6-4-3-5-7-20/h3-13,17,19,26,31H,14-16H2,1-2H3. The molecule has 2 aliphatic heterocycles. The summed E-state index contributed by atoms with van der Waals surface area (Å²) in [6.07, 6.45) is 1.43. The van der Waals surface area contributed by atoms with E-state index in [1.807, 2.05) is 80.6 Å². The van der Waals surface area contributed by atoms with Gasteiger partial charge in [-0.3, -0.25) is 9.59 Å². The Bertz CT molecular complexity index is 1280. The van der Waals surface area contributed by atoms with Crippen molar-refractivity contribution in [2.75, 3.05) is 6.54 Å². The summed E-state index contributed by atoms with van der Waals surface area (Å²) >= 11 is 0. The molecule has 5 heteroatoms. The Morgan fingerprint density at radius 2 is 1.76 bits per heavy atom. The Labute approximate surface area is 199 Å². The molecular weight excluding hydrogens is 426 g/mol. The summed E-state index contributed by atoms with van der Waals surface area (Å²) in [5.41, 5.74) is 4.61. The average Bonchev–Trinajstić information content (AvgIpc) is 3.34. The molecule has 2 aliphatic rings. The number of hydrogen-bond acceptors (Lipinski definition) is 4. The van der Waals surface area contributed by atoms with Gasteiger partial charge in [-0.15, -0.1) is 0 Å². The first kappa shape index (κ1) is 22.0. The number of ketones is 1. The van der Waals surface area contributed by atoms with E-state index in [1.54, 1.807) is 11.0 Å². The van der Waals surface area contributed by atoms with E-state index in [1.165, 1.54) is 0 Å². The van der Waals surface area contributed by atoms with Gasteiger partial charge in [-0.05, 0) is 55.2 Å². The zero-order valence-electron chi connectivity index (χ0n) is 19.3. The van der Waals surface area contributed by atoms with E-state index in [0.717, 1.165) is 34.4 Å². The predicted octanol–water partition coefficient (Wildman–Crippen LogP) is 4.98. The Morgan fingerprint density at radius 3 is 2.50 bits per heavy atom. The number of aliphatic hydroxyl groups is 1. The highest BCUT2D eigenvalue weighted by Crippen LogP contribution is 2.40. The molecule has 5 rings (SSSR count). The fourth-order valence-electron chi connectivity index (χ4n) is 4.83. The molecule has 1 saturated heterocycles. The highest BCUT2D eigenvalue weighted by Gasteiger charge is 2.45. The molecule has 2 heterocycles. The summed E-state index contributed by atoms with van der Waals surface area (Å²) in [6.45, 7) is 4.36. The molecule has 2 atom stereocenters. The van der Waals surface area contributed by atoms with Crippen LogP contribution in [-0.4, -0.2) is 34.3 Å². The molecule has 1 N–H and O–H groups in total. The van der Waals surface area contributed by atoms with Crippen LogP contribution < -0.4 is 4.74 Å². The maximum atomic E-state index is 13.2. The lowest BCUT2D eigenvalue weighted by molar-refractivity contribution is -0.139. The normalized spacial score (nSPS) is 20.9. The highest BCUT2D eigenvalue weighted by molar-refractivity contribution is 6.46. The van der Waals surface area contributed by atoms with Gasteiger partial charge in [-0.1, -0.05) is 60.2 Å². The molecule has 0 aliphatic carbocycles. The van der Waals surface area contributed by atoms with E-state index < -0.39 is 17.7 Å². The maximum Gasteiger partial charge on any atom is 0.295 e. The summed E-state index contributed by atoms with van der Waals surface area (Å²) in [5.74, 6) is -0.585.